The highest BCUT2D eigenvalue weighted by molar-refractivity contribution is 6.00. The number of ether oxygens (including phenoxy) is 1. The van der Waals surface area contributed by atoms with E-state index in [1.807, 2.05) is 30.3 Å². The number of aromatic amines is 1. The summed E-state index contributed by atoms with van der Waals surface area (Å²) in [5.74, 6) is -0.0371. The van der Waals surface area contributed by atoms with Crippen molar-refractivity contribution in [3.8, 4) is 16.9 Å². The molecule has 3 N–H and O–H groups in total. The molecule has 0 aliphatic carbocycles. The minimum Gasteiger partial charge on any atom is -0.489 e. The van der Waals surface area contributed by atoms with Gasteiger partial charge in [0.2, 0.25) is 5.91 Å². The number of carbonyl (C=O) groups is 1. The van der Waals surface area contributed by atoms with Crippen LogP contribution in [-0.4, -0.2) is 10.9 Å². The van der Waals surface area contributed by atoms with Crippen molar-refractivity contribution in [1.82, 2.24) is 4.98 Å². The highest BCUT2D eigenvalue weighted by atomic mass is 16.5. The summed E-state index contributed by atoms with van der Waals surface area (Å²) in [4.78, 5) is 26.6. The van der Waals surface area contributed by atoms with Gasteiger partial charge >= 0.3 is 0 Å². The highest BCUT2D eigenvalue weighted by Gasteiger charge is 2.14. The first-order valence-corrected chi connectivity index (χ1v) is 7.43. The topological polar surface area (TPSA) is 85.2 Å². The van der Waals surface area contributed by atoms with Crippen LogP contribution in [-0.2, 0) is 6.61 Å². The Morgan fingerprint density at radius 1 is 1.04 bits per heavy atom. The molecule has 24 heavy (non-hydrogen) atoms. The zero-order valence-electron chi connectivity index (χ0n) is 12.9. The maximum atomic E-state index is 12.1. The number of hydrogen-bond acceptors (Lipinski definition) is 3. The van der Waals surface area contributed by atoms with Crippen molar-refractivity contribution in [3.63, 3.8) is 0 Å². The minimum atomic E-state index is -0.595. The van der Waals surface area contributed by atoms with Crippen LogP contribution in [0.3, 0.4) is 0 Å². The Balaban J connectivity index is 1.96. The summed E-state index contributed by atoms with van der Waals surface area (Å²) >= 11 is 0. The average molecular weight is 320 g/mol. The van der Waals surface area contributed by atoms with Crippen molar-refractivity contribution in [2.24, 2.45) is 5.73 Å². The number of pyridine rings is 1. The van der Waals surface area contributed by atoms with Gasteiger partial charge in [-0.3, -0.25) is 9.59 Å². The van der Waals surface area contributed by atoms with Gasteiger partial charge in [0, 0.05) is 35.2 Å². The Hall–Kier alpha value is -3.34. The molecule has 0 spiro atoms. The number of rotatable bonds is 5. The number of nitrogens with one attached hydrogen (secondary N) is 1. The number of carbonyl (C=O) groups excluding carboxylic acids is 1. The molecule has 1 aromatic heterocycles. The lowest BCUT2D eigenvalue weighted by molar-refractivity contribution is 0.100. The van der Waals surface area contributed by atoms with Gasteiger partial charge in [-0.1, -0.05) is 30.3 Å². The molecule has 120 valence electrons. The second-order valence-corrected chi connectivity index (χ2v) is 5.27. The zero-order valence-corrected chi connectivity index (χ0v) is 12.9. The summed E-state index contributed by atoms with van der Waals surface area (Å²) in [5.41, 5.74) is 7.35. The molecule has 0 bridgehead atoms. The molecular formula is C19H16N2O3. The standard InChI is InChI=1S/C19H16N2O3/c20-19(23)15-7-6-14(24-12-13-4-2-1-3-5-13)10-16(15)17-11-21-9-8-18(17)22/h1-11H,12H2,(H2,20,23)(H,21,22). The lowest BCUT2D eigenvalue weighted by atomic mass is 10.00. The molecule has 1 heterocycles. The normalized spacial score (nSPS) is 10.3. The predicted molar refractivity (Wildman–Crippen MR) is 91.8 cm³/mol. The third-order valence-corrected chi connectivity index (χ3v) is 3.62. The van der Waals surface area contributed by atoms with Gasteiger partial charge in [-0.2, -0.15) is 0 Å². The molecule has 0 saturated heterocycles. The van der Waals surface area contributed by atoms with Crippen molar-refractivity contribution in [1.29, 1.82) is 0 Å². The number of amides is 1. The molecule has 0 aliphatic heterocycles. The largest absolute Gasteiger partial charge is 0.489 e. The van der Waals surface area contributed by atoms with Gasteiger partial charge in [0.05, 0.1) is 0 Å². The Morgan fingerprint density at radius 2 is 1.83 bits per heavy atom. The third kappa shape index (κ3) is 3.35. The molecular weight excluding hydrogens is 304 g/mol. The van der Waals surface area contributed by atoms with Crippen molar-refractivity contribution >= 4 is 5.91 Å². The fraction of sp³-hybridized carbons (Fsp3) is 0.0526. The molecule has 5 heteroatoms. The second kappa shape index (κ2) is 6.83. The van der Waals surface area contributed by atoms with Gasteiger partial charge in [-0.25, -0.2) is 0 Å². The monoisotopic (exact) mass is 320 g/mol. The van der Waals surface area contributed by atoms with Crippen LogP contribution < -0.4 is 15.9 Å². The maximum Gasteiger partial charge on any atom is 0.249 e. The molecule has 0 fully saturated rings. The Kier molecular flexibility index (Phi) is 4.43. The first-order valence-electron chi connectivity index (χ1n) is 7.43. The van der Waals surface area contributed by atoms with Crippen LogP contribution >= 0.6 is 0 Å². The second-order valence-electron chi connectivity index (χ2n) is 5.27. The molecule has 3 aromatic rings. The molecule has 2 aromatic carbocycles. The average Bonchev–Trinajstić information content (AvgIpc) is 2.61. The fourth-order valence-corrected chi connectivity index (χ4v) is 2.42. The van der Waals surface area contributed by atoms with Gasteiger partial charge in [-0.05, 0) is 23.8 Å². The summed E-state index contributed by atoms with van der Waals surface area (Å²) in [7, 11) is 0. The fourth-order valence-electron chi connectivity index (χ4n) is 2.42. The zero-order chi connectivity index (χ0) is 16.9. The van der Waals surface area contributed by atoms with E-state index in [0.717, 1.165) is 5.56 Å². The third-order valence-electron chi connectivity index (χ3n) is 3.62. The summed E-state index contributed by atoms with van der Waals surface area (Å²) < 4.78 is 5.76. The molecule has 0 radical (unpaired) electrons. The van der Waals surface area contributed by atoms with Crippen LogP contribution in [0.1, 0.15) is 15.9 Å². The summed E-state index contributed by atoms with van der Waals surface area (Å²) in [5, 5.41) is 0. The van der Waals surface area contributed by atoms with Gasteiger partial charge < -0.3 is 15.5 Å². The van der Waals surface area contributed by atoms with Crippen LogP contribution in [0.25, 0.3) is 11.1 Å². The Labute approximate surface area is 138 Å². The number of benzene rings is 2. The molecule has 5 nitrogen and oxygen atoms in total. The van der Waals surface area contributed by atoms with Gasteiger partial charge in [0.25, 0.3) is 0 Å². The van der Waals surface area contributed by atoms with Crippen molar-refractivity contribution in [3.05, 3.63) is 88.3 Å². The van der Waals surface area contributed by atoms with E-state index in [4.69, 9.17) is 10.5 Å². The highest BCUT2D eigenvalue weighted by Crippen LogP contribution is 2.26. The van der Waals surface area contributed by atoms with Crippen LogP contribution in [0.2, 0.25) is 0 Å². The molecule has 1 amide bonds. The van der Waals surface area contributed by atoms with Crippen LogP contribution in [0, 0.1) is 0 Å². The van der Waals surface area contributed by atoms with E-state index in [9.17, 15) is 9.59 Å². The lowest BCUT2D eigenvalue weighted by Gasteiger charge is -2.11. The van der Waals surface area contributed by atoms with E-state index < -0.39 is 5.91 Å². The summed E-state index contributed by atoms with van der Waals surface area (Å²) in [6, 6.07) is 16.0. The minimum absolute atomic E-state index is 0.198. The molecule has 0 saturated carbocycles. The number of hydrogen-bond donors (Lipinski definition) is 2. The van der Waals surface area contributed by atoms with Crippen LogP contribution in [0.5, 0.6) is 5.75 Å². The molecule has 3 rings (SSSR count). The predicted octanol–water partition coefficient (Wildman–Crippen LogP) is 2.72. The van der Waals surface area contributed by atoms with E-state index in [1.54, 1.807) is 24.4 Å². The first-order chi connectivity index (χ1) is 11.6. The Bertz CT molecular complexity index is 917. The van der Waals surface area contributed by atoms with Gasteiger partial charge in [0.1, 0.15) is 12.4 Å². The van der Waals surface area contributed by atoms with Crippen LogP contribution in [0.15, 0.2) is 71.8 Å². The number of primary amides is 1. The van der Waals surface area contributed by atoms with Crippen molar-refractivity contribution in [2.45, 2.75) is 6.61 Å². The summed E-state index contributed by atoms with van der Waals surface area (Å²) in [6.45, 7) is 0.390. The Morgan fingerprint density at radius 3 is 2.54 bits per heavy atom. The molecule has 0 unspecified atom stereocenters. The van der Waals surface area contributed by atoms with Gasteiger partial charge in [-0.15, -0.1) is 0 Å². The van der Waals surface area contributed by atoms with Crippen molar-refractivity contribution < 1.29 is 9.53 Å². The van der Waals surface area contributed by atoms with Crippen LogP contribution in [0.4, 0.5) is 0 Å². The number of nitrogens with two attached hydrogens (primary N) is 1. The van der Waals surface area contributed by atoms with Crippen molar-refractivity contribution in [2.75, 3.05) is 0 Å². The van der Waals surface area contributed by atoms with E-state index in [2.05, 4.69) is 4.98 Å². The van der Waals surface area contributed by atoms with Gasteiger partial charge in [0.15, 0.2) is 5.43 Å². The SMILES string of the molecule is NC(=O)c1ccc(OCc2ccccc2)cc1-c1c[nH]ccc1=O. The van der Waals surface area contributed by atoms with E-state index in [0.29, 0.717) is 23.5 Å². The maximum absolute atomic E-state index is 12.1. The smallest absolute Gasteiger partial charge is 0.249 e. The first kappa shape index (κ1) is 15.6. The summed E-state index contributed by atoms with van der Waals surface area (Å²) in [6.07, 6.45) is 3.08. The van der Waals surface area contributed by atoms with E-state index in [1.165, 1.54) is 12.3 Å². The lowest BCUT2D eigenvalue weighted by Crippen LogP contribution is -2.14. The molecule has 0 atom stereocenters. The van der Waals surface area contributed by atoms with E-state index >= 15 is 0 Å². The molecule has 0 aliphatic rings. The number of H-pyrrole nitrogens is 1. The quantitative estimate of drug-likeness (QED) is 0.758. The number of aromatic nitrogens is 1. The van der Waals surface area contributed by atoms with E-state index in [-0.39, 0.29) is 11.0 Å².